The Labute approximate surface area is 180 Å². The molecule has 0 aromatic heterocycles. The van der Waals surface area contributed by atoms with E-state index >= 15 is 0 Å². The van der Waals surface area contributed by atoms with Crippen molar-refractivity contribution >= 4 is 23.6 Å². The summed E-state index contributed by atoms with van der Waals surface area (Å²) in [5, 5.41) is 2.81. The van der Waals surface area contributed by atoms with Crippen molar-refractivity contribution < 1.29 is 19.1 Å². The van der Waals surface area contributed by atoms with Gasteiger partial charge in [0.1, 0.15) is 5.75 Å². The number of anilines is 1. The summed E-state index contributed by atoms with van der Waals surface area (Å²) in [5.74, 6) is 0.733. The molecule has 1 heterocycles. The van der Waals surface area contributed by atoms with Crippen LogP contribution in [0.5, 0.6) is 11.5 Å². The molecule has 1 N–H and O–H groups in total. The molecule has 0 fully saturated rings. The standard InChI is InChI=1S/C25H22N2O4/c1-27(16-17-8-4-3-5-9-17)25(29)19-12-13-22-20(14-19)26-24(28)23(31-22)15-18-10-6-7-11-21(18)30-2/h3-15H,16H2,1-2H3,(H,26,28). The van der Waals surface area contributed by atoms with Gasteiger partial charge in [-0.05, 0) is 35.9 Å². The van der Waals surface area contributed by atoms with Gasteiger partial charge in [-0.15, -0.1) is 0 Å². The van der Waals surface area contributed by atoms with Crippen molar-refractivity contribution in [1.82, 2.24) is 4.90 Å². The lowest BCUT2D eigenvalue weighted by atomic mass is 10.1. The Kier molecular flexibility index (Phi) is 5.71. The molecule has 0 bridgehead atoms. The van der Waals surface area contributed by atoms with Gasteiger partial charge in [-0.1, -0.05) is 48.5 Å². The van der Waals surface area contributed by atoms with Gasteiger partial charge >= 0.3 is 0 Å². The van der Waals surface area contributed by atoms with Gasteiger partial charge < -0.3 is 19.7 Å². The Morgan fingerprint density at radius 1 is 1.06 bits per heavy atom. The summed E-state index contributed by atoms with van der Waals surface area (Å²) in [7, 11) is 3.32. The average Bonchev–Trinajstić information content (AvgIpc) is 2.79. The zero-order valence-electron chi connectivity index (χ0n) is 17.3. The highest BCUT2D eigenvalue weighted by atomic mass is 16.5. The molecule has 4 rings (SSSR count). The Balaban J connectivity index is 1.54. The van der Waals surface area contributed by atoms with E-state index < -0.39 is 0 Å². The second kappa shape index (κ2) is 8.75. The zero-order valence-corrected chi connectivity index (χ0v) is 17.3. The number of para-hydroxylation sites is 1. The average molecular weight is 414 g/mol. The molecule has 156 valence electrons. The van der Waals surface area contributed by atoms with E-state index in [0.29, 0.717) is 29.3 Å². The molecule has 6 heteroatoms. The van der Waals surface area contributed by atoms with Crippen molar-refractivity contribution in [3.05, 3.63) is 95.2 Å². The normalized spacial score (nSPS) is 13.7. The van der Waals surface area contributed by atoms with E-state index in [1.807, 2.05) is 54.6 Å². The maximum Gasteiger partial charge on any atom is 0.291 e. The van der Waals surface area contributed by atoms with E-state index in [4.69, 9.17) is 9.47 Å². The Morgan fingerprint density at radius 3 is 2.58 bits per heavy atom. The summed E-state index contributed by atoms with van der Waals surface area (Å²) in [6.07, 6.45) is 1.63. The number of benzene rings is 3. The summed E-state index contributed by atoms with van der Waals surface area (Å²) < 4.78 is 11.1. The lowest BCUT2D eigenvalue weighted by Crippen LogP contribution is -2.27. The van der Waals surface area contributed by atoms with Gasteiger partial charge in [-0.3, -0.25) is 9.59 Å². The van der Waals surface area contributed by atoms with E-state index in [1.54, 1.807) is 43.3 Å². The van der Waals surface area contributed by atoms with Gasteiger partial charge in [0, 0.05) is 24.7 Å². The first-order valence-electron chi connectivity index (χ1n) is 9.82. The largest absolute Gasteiger partial charge is 0.496 e. The van der Waals surface area contributed by atoms with Crippen molar-refractivity contribution in [2.24, 2.45) is 0 Å². The van der Waals surface area contributed by atoms with E-state index in [2.05, 4.69) is 5.32 Å². The van der Waals surface area contributed by atoms with Crippen LogP contribution in [0.2, 0.25) is 0 Å². The second-order valence-electron chi connectivity index (χ2n) is 7.16. The van der Waals surface area contributed by atoms with Crippen LogP contribution in [-0.4, -0.2) is 30.9 Å². The molecule has 0 saturated carbocycles. The SMILES string of the molecule is COc1ccccc1C=C1Oc2ccc(C(=O)N(C)Cc3ccccc3)cc2NC1=O. The summed E-state index contributed by atoms with van der Waals surface area (Å²) in [6, 6.07) is 22.1. The molecule has 2 amide bonds. The van der Waals surface area contributed by atoms with E-state index in [9.17, 15) is 9.59 Å². The smallest absolute Gasteiger partial charge is 0.291 e. The van der Waals surface area contributed by atoms with Gasteiger partial charge in [0.15, 0.2) is 11.5 Å². The Morgan fingerprint density at radius 2 is 1.81 bits per heavy atom. The van der Waals surface area contributed by atoms with Crippen LogP contribution in [-0.2, 0) is 11.3 Å². The quantitative estimate of drug-likeness (QED) is 0.631. The molecular formula is C25H22N2O4. The van der Waals surface area contributed by atoms with Crippen LogP contribution >= 0.6 is 0 Å². The summed E-state index contributed by atoms with van der Waals surface area (Å²) in [6.45, 7) is 0.491. The summed E-state index contributed by atoms with van der Waals surface area (Å²) in [5.41, 5.74) is 2.70. The number of fused-ring (bicyclic) bond motifs is 1. The monoisotopic (exact) mass is 414 g/mol. The number of rotatable bonds is 5. The first kappa shape index (κ1) is 20.2. The predicted octanol–water partition coefficient (Wildman–Crippen LogP) is 4.34. The molecule has 1 aliphatic heterocycles. The van der Waals surface area contributed by atoms with Crippen molar-refractivity contribution in [2.45, 2.75) is 6.54 Å². The first-order chi connectivity index (χ1) is 15.0. The van der Waals surface area contributed by atoms with Gasteiger partial charge in [0.25, 0.3) is 11.8 Å². The van der Waals surface area contributed by atoms with Crippen molar-refractivity contribution in [3.63, 3.8) is 0 Å². The van der Waals surface area contributed by atoms with Crippen molar-refractivity contribution in [2.75, 3.05) is 19.5 Å². The van der Waals surface area contributed by atoms with Crippen LogP contribution in [0.15, 0.2) is 78.6 Å². The molecule has 0 unspecified atom stereocenters. The van der Waals surface area contributed by atoms with Crippen molar-refractivity contribution in [1.29, 1.82) is 0 Å². The number of carbonyl (C=O) groups excluding carboxylic acids is 2. The fourth-order valence-electron chi connectivity index (χ4n) is 3.37. The number of hydrogen-bond donors (Lipinski definition) is 1. The minimum absolute atomic E-state index is 0.142. The van der Waals surface area contributed by atoms with Crippen LogP contribution in [0.1, 0.15) is 21.5 Å². The summed E-state index contributed by atoms with van der Waals surface area (Å²) >= 11 is 0. The van der Waals surface area contributed by atoms with Crippen LogP contribution in [0.3, 0.4) is 0 Å². The van der Waals surface area contributed by atoms with E-state index in [1.165, 1.54) is 0 Å². The maximum absolute atomic E-state index is 12.8. The fraction of sp³-hybridized carbons (Fsp3) is 0.120. The number of amides is 2. The highest BCUT2D eigenvalue weighted by Gasteiger charge is 2.24. The lowest BCUT2D eigenvalue weighted by molar-refractivity contribution is -0.115. The minimum atomic E-state index is -0.388. The number of nitrogens with one attached hydrogen (secondary N) is 1. The topological polar surface area (TPSA) is 67.9 Å². The molecule has 3 aromatic rings. The molecule has 31 heavy (non-hydrogen) atoms. The van der Waals surface area contributed by atoms with Crippen LogP contribution < -0.4 is 14.8 Å². The third kappa shape index (κ3) is 4.43. The molecule has 0 radical (unpaired) electrons. The van der Waals surface area contributed by atoms with Crippen LogP contribution in [0, 0.1) is 0 Å². The summed E-state index contributed by atoms with van der Waals surface area (Å²) in [4.78, 5) is 27.1. The zero-order chi connectivity index (χ0) is 21.8. The number of ether oxygens (including phenoxy) is 2. The van der Waals surface area contributed by atoms with Gasteiger partial charge in [-0.2, -0.15) is 0 Å². The van der Waals surface area contributed by atoms with Crippen LogP contribution in [0.4, 0.5) is 5.69 Å². The molecular weight excluding hydrogens is 392 g/mol. The molecule has 3 aromatic carbocycles. The molecule has 0 atom stereocenters. The number of hydrogen-bond acceptors (Lipinski definition) is 4. The molecule has 0 spiro atoms. The van der Waals surface area contributed by atoms with Gasteiger partial charge in [0.05, 0.1) is 12.8 Å². The van der Waals surface area contributed by atoms with Gasteiger partial charge in [0.2, 0.25) is 0 Å². The first-order valence-corrected chi connectivity index (χ1v) is 9.82. The minimum Gasteiger partial charge on any atom is -0.496 e. The second-order valence-corrected chi connectivity index (χ2v) is 7.16. The Bertz CT molecular complexity index is 1160. The third-order valence-corrected chi connectivity index (χ3v) is 4.95. The fourth-order valence-corrected chi connectivity index (χ4v) is 3.37. The number of carbonyl (C=O) groups is 2. The molecule has 6 nitrogen and oxygen atoms in total. The number of nitrogens with zero attached hydrogens (tertiary/aromatic N) is 1. The van der Waals surface area contributed by atoms with Crippen LogP contribution in [0.25, 0.3) is 6.08 Å². The Hall–Kier alpha value is -4.06. The third-order valence-electron chi connectivity index (χ3n) is 4.95. The number of methoxy groups -OCH3 is 1. The van der Waals surface area contributed by atoms with Crippen molar-refractivity contribution in [3.8, 4) is 11.5 Å². The molecule has 0 aliphatic carbocycles. The molecule has 1 aliphatic rings. The highest BCUT2D eigenvalue weighted by molar-refractivity contribution is 6.09. The highest BCUT2D eigenvalue weighted by Crippen LogP contribution is 2.33. The molecule has 0 saturated heterocycles. The van der Waals surface area contributed by atoms with E-state index in [0.717, 1.165) is 11.1 Å². The predicted molar refractivity (Wildman–Crippen MR) is 119 cm³/mol. The lowest BCUT2D eigenvalue weighted by Gasteiger charge is -2.22. The van der Waals surface area contributed by atoms with Gasteiger partial charge in [-0.25, -0.2) is 0 Å². The van der Waals surface area contributed by atoms with E-state index in [-0.39, 0.29) is 17.6 Å². The maximum atomic E-state index is 12.8.